The predicted molar refractivity (Wildman–Crippen MR) is 81.0 cm³/mol. The second-order valence-electron chi connectivity index (χ2n) is 4.07. The average Bonchev–Trinajstić information content (AvgIpc) is 2.52. The SMILES string of the molecule is COc1cccc(SCC(=O)c2ccccc2)c1OC. The molecule has 20 heavy (non-hydrogen) atoms. The number of methoxy groups -OCH3 is 2. The molecule has 0 amide bonds. The third-order valence-electron chi connectivity index (χ3n) is 2.82. The van der Waals surface area contributed by atoms with E-state index in [1.54, 1.807) is 14.2 Å². The highest BCUT2D eigenvalue weighted by Gasteiger charge is 2.12. The number of benzene rings is 2. The van der Waals surface area contributed by atoms with E-state index in [0.717, 1.165) is 10.5 Å². The fourth-order valence-corrected chi connectivity index (χ4v) is 2.77. The number of carbonyl (C=O) groups excluding carboxylic acids is 1. The van der Waals surface area contributed by atoms with Crippen LogP contribution < -0.4 is 9.47 Å². The van der Waals surface area contributed by atoms with Crippen molar-refractivity contribution in [3.63, 3.8) is 0 Å². The van der Waals surface area contributed by atoms with Crippen LogP contribution in [0.2, 0.25) is 0 Å². The van der Waals surface area contributed by atoms with E-state index >= 15 is 0 Å². The van der Waals surface area contributed by atoms with Crippen LogP contribution in [0.1, 0.15) is 10.4 Å². The lowest BCUT2D eigenvalue weighted by Gasteiger charge is -2.11. The molecular formula is C16H16O3S. The molecule has 2 aromatic rings. The Kier molecular flexibility index (Phi) is 5.07. The van der Waals surface area contributed by atoms with Crippen LogP contribution in [-0.4, -0.2) is 25.8 Å². The van der Waals surface area contributed by atoms with E-state index in [0.29, 0.717) is 17.3 Å². The van der Waals surface area contributed by atoms with Gasteiger partial charge in [0.05, 0.1) is 24.9 Å². The van der Waals surface area contributed by atoms with Crippen molar-refractivity contribution >= 4 is 17.5 Å². The molecule has 0 aromatic heterocycles. The summed E-state index contributed by atoms with van der Waals surface area (Å²) in [5.74, 6) is 1.80. The van der Waals surface area contributed by atoms with Gasteiger partial charge in [-0.2, -0.15) is 0 Å². The summed E-state index contributed by atoms with van der Waals surface area (Å²) >= 11 is 1.45. The molecule has 0 radical (unpaired) electrons. The predicted octanol–water partition coefficient (Wildman–Crippen LogP) is 3.68. The number of ether oxygens (including phenoxy) is 2. The monoisotopic (exact) mass is 288 g/mol. The first kappa shape index (κ1) is 14.5. The lowest BCUT2D eigenvalue weighted by atomic mass is 10.2. The zero-order valence-electron chi connectivity index (χ0n) is 11.5. The minimum atomic E-state index is 0.0977. The normalized spacial score (nSPS) is 10.1. The summed E-state index contributed by atoms with van der Waals surface area (Å²) < 4.78 is 10.6. The van der Waals surface area contributed by atoms with E-state index in [2.05, 4.69) is 0 Å². The lowest BCUT2D eigenvalue weighted by Crippen LogP contribution is -2.02. The zero-order chi connectivity index (χ0) is 14.4. The van der Waals surface area contributed by atoms with Gasteiger partial charge in [-0.15, -0.1) is 11.8 Å². The molecule has 104 valence electrons. The molecule has 0 bridgehead atoms. The molecule has 0 atom stereocenters. The summed E-state index contributed by atoms with van der Waals surface area (Å²) in [5, 5.41) is 0. The molecule has 0 unspecified atom stereocenters. The highest BCUT2D eigenvalue weighted by molar-refractivity contribution is 8.00. The maximum Gasteiger partial charge on any atom is 0.174 e. The van der Waals surface area contributed by atoms with Crippen molar-refractivity contribution < 1.29 is 14.3 Å². The third-order valence-corrected chi connectivity index (χ3v) is 3.86. The van der Waals surface area contributed by atoms with Gasteiger partial charge in [0.1, 0.15) is 0 Å². The Bertz CT molecular complexity index is 582. The third kappa shape index (κ3) is 3.33. The lowest BCUT2D eigenvalue weighted by molar-refractivity contribution is 0.102. The van der Waals surface area contributed by atoms with Crippen LogP contribution in [0, 0.1) is 0 Å². The molecule has 2 rings (SSSR count). The van der Waals surface area contributed by atoms with Gasteiger partial charge in [-0.25, -0.2) is 0 Å². The molecule has 0 aliphatic carbocycles. The number of carbonyl (C=O) groups is 1. The molecule has 4 heteroatoms. The number of Topliss-reactive ketones (excluding diaryl/α,β-unsaturated/α-hetero) is 1. The van der Waals surface area contributed by atoms with Gasteiger partial charge in [0.2, 0.25) is 0 Å². The van der Waals surface area contributed by atoms with Crippen LogP contribution in [-0.2, 0) is 0 Å². The summed E-state index contributed by atoms with van der Waals surface area (Å²) in [7, 11) is 3.20. The average molecular weight is 288 g/mol. The molecule has 3 nitrogen and oxygen atoms in total. The molecule has 2 aromatic carbocycles. The number of thioether (sulfide) groups is 1. The molecule has 0 saturated heterocycles. The van der Waals surface area contributed by atoms with Crippen molar-refractivity contribution in [1.29, 1.82) is 0 Å². The quantitative estimate of drug-likeness (QED) is 0.600. The van der Waals surface area contributed by atoms with Crippen LogP contribution in [0.25, 0.3) is 0 Å². The number of hydrogen-bond donors (Lipinski definition) is 0. The summed E-state index contributed by atoms with van der Waals surface area (Å²) in [4.78, 5) is 13.0. The number of rotatable bonds is 6. The van der Waals surface area contributed by atoms with Crippen molar-refractivity contribution in [2.24, 2.45) is 0 Å². The van der Waals surface area contributed by atoms with Gasteiger partial charge < -0.3 is 9.47 Å². The highest BCUT2D eigenvalue weighted by atomic mass is 32.2. The van der Waals surface area contributed by atoms with Crippen molar-refractivity contribution in [3.8, 4) is 11.5 Å². The largest absolute Gasteiger partial charge is 0.493 e. The molecule has 0 fully saturated rings. The summed E-state index contributed by atoms with van der Waals surface area (Å²) in [5.41, 5.74) is 0.724. The Labute approximate surface area is 122 Å². The first-order valence-corrected chi connectivity index (χ1v) is 7.17. The molecule has 0 heterocycles. The van der Waals surface area contributed by atoms with E-state index in [4.69, 9.17) is 9.47 Å². The molecule has 0 aliphatic rings. The van der Waals surface area contributed by atoms with Crippen molar-refractivity contribution in [1.82, 2.24) is 0 Å². The Hall–Kier alpha value is -1.94. The second-order valence-corrected chi connectivity index (χ2v) is 5.09. The Morgan fingerprint density at radius 3 is 2.40 bits per heavy atom. The van der Waals surface area contributed by atoms with E-state index < -0.39 is 0 Å². The Morgan fingerprint density at radius 1 is 1.00 bits per heavy atom. The van der Waals surface area contributed by atoms with Gasteiger partial charge in [0.25, 0.3) is 0 Å². The van der Waals surface area contributed by atoms with Gasteiger partial charge >= 0.3 is 0 Å². The van der Waals surface area contributed by atoms with E-state index in [9.17, 15) is 4.79 Å². The number of para-hydroxylation sites is 1. The van der Waals surface area contributed by atoms with Gasteiger partial charge in [-0.05, 0) is 12.1 Å². The summed E-state index contributed by atoms with van der Waals surface area (Å²) in [6, 6.07) is 14.9. The first-order valence-electron chi connectivity index (χ1n) is 6.18. The number of hydrogen-bond acceptors (Lipinski definition) is 4. The van der Waals surface area contributed by atoms with Gasteiger partial charge in [0, 0.05) is 5.56 Å². The molecule has 0 spiro atoms. The molecular weight excluding hydrogens is 272 g/mol. The number of ketones is 1. The van der Waals surface area contributed by atoms with Crippen LogP contribution in [0.4, 0.5) is 0 Å². The van der Waals surface area contributed by atoms with Gasteiger partial charge in [-0.3, -0.25) is 4.79 Å². The van der Waals surface area contributed by atoms with Gasteiger partial charge in [-0.1, -0.05) is 36.4 Å². The molecule has 0 aliphatic heterocycles. The summed E-state index contributed by atoms with van der Waals surface area (Å²) in [6.07, 6.45) is 0. The van der Waals surface area contributed by atoms with E-state index in [1.807, 2.05) is 48.5 Å². The Balaban J connectivity index is 2.10. The van der Waals surface area contributed by atoms with Gasteiger partial charge in [0.15, 0.2) is 17.3 Å². The van der Waals surface area contributed by atoms with E-state index in [1.165, 1.54) is 11.8 Å². The fourth-order valence-electron chi connectivity index (χ4n) is 1.82. The highest BCUT2D eigenvalue weighted by Crippen LogP contribution is 2.37. The molecule has 0 N–H and O–H groups in total. The smallest absolute Gasteiger partial charge is 0.174 e. The fraction of sp³-hybridized carbons (Fsp3) is 0.188. The first-order chi connectivity index (χ1) is 9.76. The van der Waals surface area contributed by atoms with Crippen molar-refractivity contribution in [2.75, 3.05) is 20.0 Å². The summed E-state index contributed by atoms with van der Waals surface area (Å²) in [6.45, 7) is 0. The van der Waals surface area contributed by atoms with Crippen LogP contribution in [0.5, 0.6) is 11.5 Å². The minimum absolute atomic E-state index is 0.0977. The van der Waals surface area contributed by atoms with Crippen LogP contribution in [0.15, 0.2) is 53.4 Å². The van der Waals surface area contributed by atoms with Crippen LogP contribution in [0.3, 0.4) is 0 Å². The maximum absolute atomic E-state index is 12.1. The zero-order valence-corrected chi connectivity index (χ0v) is 12.3. The maximum atomic E-state index is 12.1. The second kappa shape index (κ2) is 7.01. The topological polar surface area (TPSA) is 35.5 Å². The molecule has 0 saturated carbocycles. The van der Waals surface area contributed by atoms with Crippen LogP contribution >= 0.6 is 11.8 Å². The Morgan fingerprint density at radius 2 is 1.75 bits per heavy atom. The standard InChI is InChI=1S/C16H16O3S/c1-18-14-9-6-10-15(16(14)19-2)20-11-13(17)12-7-4-3-5-8-12/h3-10H,11H2,1-2H3. The minimum Gasteiger partial charge on any atom is -0.493 e. The van der Waals surface area contributed by atoms with Crippen molar-refractivity contribution in [3.05, 3.63) is 54.1 Å². The van der Waals surface area contributed by atoms with Crippen molar-refractivity contribution in [2.45, 2.75) is 4.90 Å². The van der Waals surface area contributed by atoms with E-state index in [-0.39, 0.29) is 5.78 Å².